The van der Waals surface area contributed by atoms with Crippen LogP contribution in [0.5, 0.6) is 17.2 Å². The minimum Gasteiger partial charge on any atom is -0.493 e. The third kappa shape index (κ3) is 4.45. The van der Waals surface area contributed by atoms with Gasteiger partial charge in [-0.15, -0.1) is 0 Å². The standard InChI is InChI=1S/C22H26ClN5O4/c1-13-8-28(10-14(13)9-27-11-16(29)12-27)21-17(23)7-24-22(26-21)25-15-5-18(30-2)20(32-4)19(6-15)31-3/h5-8,10,16,29H,9,11-12H2,1-4H3,(H,24,25,26). The molecule has 1 aromatic carbocycles. The number of nitrogens with zero attached hydrogens (tertiary/aromatic N) is 4. The molecule has 2 aromatic heterocycles. The molecule has 1 aliphatic rings. The van der Waals surface area contributed by atoms with Crippen LogP contribution in [0, 0.1) is 6.92 Å². The van der Waals surface area contributed by atoms with Crippen molar-refractivity contribution in [2.24, 2.45) is 0 Å². The quantitative estimate of drug-likeness (QED) is 0.530. The second-order valence-corrected chi connectivity index (χ2v) is 8.03. The number of anilines is 2. The highest BCUT2D eigenvalue weighted by atomic mass is 35.5. The van der Waals surface area contributed by atoms with Gasteiger partial charge < -0.3 is 29.2 Å². The van der Waals surface area contributed by atoms with Crippen molar-refractivity contribution in [3.8, 4) is 23.1 Å². The molecule has 9 nitrogen and oxygen atoms in total. The Labute approximate surface area is 191 Å². The lowest BCUT2D eigenvalue weighted by Crippen LogP contribution is -2.49. The number of aliphatic hydroxyl groups is 1. The molecule has 0 spiro atoms. The Hall–Kier alpha value is -3.01. The molecule has 3 heterocycles. The van der Waals surface area contributed by atoms with Crippen LogP contribution >= 0.6 is 11.6 Å². The Balaban J connectivity index is 1.60. The molecule has 0 atom stereocenters. The van der Waals surface area contributed by atoms with Gasteiger partial charge in [-0.2, -0.15) is 4.98 Å². The first-order valence-corrected chi connectivity index (χ1v) is 10.5. The number of aryl methyl sites for hydroxylation is 1. The van der Waals surface area contributed by atoms with Gasteiger partial charge >= 0.3 is 0 Å². The summed E-state index contributed by atoms with van der Waals surface area (Å²) in [4.78, 5) is 11.1. The van der Waals surface area contributed by atoms with Crippen LogP contribution in [0.25, 0.3) is 5.82 Å². The number of nitrogens with one attached hydrogen (secondary N) is 1. The number of methoxy groups -OCH3 is 3. The molecule has 4 rings (SSSR count). The molecular formula is C22H26ClN5O4. The zero-order valence-electron chi connectivity index (χ0n) is 18.4. The summed E-state index contributed by atoms with van der Waals surface area (Å²) >= 11 is 6.42. The van der Waals surface area contributed by atoms with E-state index in [1.165, 1.54) is 0 Å². The van der Waals surface area contributed by atoms with Gasteiger partial charge in [-0.25, -0.2) is 4.98 Å². The van der Waals surface area contributed by atoms with Crippen molar-refractivity contribution in [2.45, 2.75) is 19.6 Å². The second kappa shape index (κ2) is 9.23. The summed E-state index contributed by atoms with van der Waals surface area (Å²) in [5.41, 5.74) is 2.96. The van der Waals surface area contributed by atoms with Crippen molar-refractivity contribution in [1.82, 2.24) is 19.4 Å². The fourth-order valence-electron chi connectivity index (χ4n) is 3.68. The van der Waals surface area contributed by atoms with E-state index in [1.807, 2.05) is 23.9 Å². The van der Waals surface area contributed by atoms with Crippen molar-refractivity contribution in [1.29, 1.82) is 0 Å². The summed E-state index contributed by atoms with van der Waals surface area (Å²) in [7, 11) is 4.68. The van der Waals surface area contributed by atoms with Crippen LogP contribution in [-0.4, -0.2) is 65.1 Å². The van der Waals surface area contributed by atoms with Crippen LogP contribution in [0.1, 0.15) is 11.1 Å². The first kappa shape index (κ1) is 22.2. The number of halogens is 1. The third-order valence-corrected chi connectivity index (χ3v) is 5.62. The van der Waals surface area contributed by atoms with E-state index >= 15 is 0 Å². The van der Waals surface area contributed by atoms with Crippen LogP contribution in [-0.2, 0) is 6.54 Å². The van der Waals surface area contributed by atoms with Crippen molar-refractivity contribution in [3.05, 3.63) is 46.9 Å². The predicted molar refractivity (Wildman–Crippen MR) is 122 cm³/mol. The van der Waals surface area contributed by atoms with E-state index in [0.717, 1.165) is 17.7 Å². The lowest BCUT2D eigenvalue weighted by atomic mass is 10.1. The maximum Gasteiger partial charge on any atom is 0.229 e. The summed E-state index contributed by atoms with van der Waals surface area (Å²) in [6.45, 7) is 4.21. The molecule has 0 aliphatic carbocycles. The van der Waals surface area contributed by atoms with E-state index in [2.05, 4.69) is 20.2 Å². The number of aliphatic hydroxyl groups excluding tert-OH is 1. The van der Waals surface area contributed by atoms with Gasteiger partial charge in [0.05, 0.1) is 33.6 Å². The molecule has 170 valence electrons. The normalized spacial score (nSPS) is 14.2. The highest BCUT2D eigenvalue weighted by Crippen LogP contribution is 2.40. The minimum atomic E-state index is -0.225. The Morgan fingerprint density at radius 2 is 1.81 bits per heavy atom. The molecule has 1 fully saturated rings. The van der Waals surface area contributed by atoms with Gasteiger partial charge in [-0.05, 0) is 18.1 Å². The van der Waals surface area contributed by atoms with Gasteiger partial charge in [0.25, 0.3) is 0 Å². The highest BCUT2D eigenvalue weighted by molar-refractivity contribution is 6.32. The first-order valence-electron chi connectivity index (χ1n) is 10.1. The number of benzene rings is 1. The summed E-state index contributed by atoms with van der Waals surface area (Å²) in [5, 5.41) is 13.1. The number of rotatable bonds is 8. The van der Waals surface area contributed by atoms with Gasteiger partial charge in [-0.3, -0.25) is 4.90 Å². The van der Waals surface area contributed by atoms with Crippen LogP contribution in [0.3, 0.4) is 0 Å². The Morgan fingerprint density at radius 3 is 2.41 bits per heavy atom. The fourth-order valence-corrected chi connectivity index (χ4v) is 3.87. The number of hydrogen-bond acceptors (Lipinski definition) is 8. The van der Waals surface area contributed by atoms with Gasteiger partial charge in [0, 0.05) is 49.8 Å². The van der Waals surface area contributed by atoms with Crippen LogP contribution in [0.15, 0.2) is 30.7 Å². The topological polar surface area (TPSA) is 93.9 Å². The summed E-state index contributed by atoms with van der Waals surface area (Å²) in [5.74, 6) is 2.48. The van der Waals surface area contributed by atoms with Crippen molar-refractivity contribution >= 4 is 23.2 Å². The molecule has 0 radical (unpaired) electrons. The Morgan fingerprint density at radius 1 is 1.12 bits per heavy atom. The molecule has 0 unspecified atom stereocenters. The molecule has 1 aliphatic heterocycles. The second-order valence-electron chi connectivity index (χ2n) is 7.63. The van der Waals surface area contributed by atoms with Gasteiger partial charge in [0.15, 0.2) is 17.3 Å². The largest absolute Gasteiger partial charge is 0.493 e. The molecular weight excluding hydrogens is 434 g/mol. The number of ether oxygens (including phenoxy) is 3. The summed E-state index contributed by atoms with van der Waals surface area (Å²) < 4.78 is 18.1. The van der Waals surface area contributed by atoms with E-state index in [9.17, 15) is 5.11 Å². The van der Waals surface area contributed by atoms with E-state index in [4.69, 9.17) is 25.8 Å². The zero-order valence-corrected chi connectivity index (χ0v) is 19.2. The van der Waals surface area contributed by atoms with Crippen molar-refractivity contribution in [2.75, 3.05) is 39.7 Å². The molecule has 0 saturated carbocycles. The number of β-amino-alcohol motifs (C(OH)–C–C–N with tert-alkyl or cyclic N) is 1. The van der Waals surface area contributed by atoms with Crippen LogP contribution in [0.2, 0.25) is 5.02 Å². The first-order chi connectivity index (χ1) is 15.4. The minimum absolute atomic E-state index is 0.225. The third-order valence-electron chi connectivity index (χ3n) is 5.36. The summed E-state index contributed by atoms with van der Waals surface area (Å²) in [6, 6.07) is 3.55. The zero-order chi connectivity index (χ0) is 22.8. The molecule has 3 aromatic rings. The molecule has 0 bridgehead atoms. The highest BCUT2D eigenvalue weighted by Gasteiger charge is 2.25. The maximum atomic E-state index is 9.52. The maximum absolute atomic E-state index is 9.52. The Bertz CT molecular complexity index is 1090. The molecule has 0 amide bonds. The predicted octanol–water partition coefficient (Wildman–Crippen LogP) is 3.18. The van der Waals surface area contributed by atoms with Crippen molar-refractivity contribution < 1.29 is 19.3 Å². The molecule has 10 heteroatoms. The molecule has 2 N–H and O–H groups in total. The molecule has 1 saturated heterocycles. The number of aromatic nitrogens is 3. The lowest BCUT2D eigenvalue weighted by Gasteiger charge is -2.35. The van der Waals surface area contributed by atoms with Crippen LogP contribution in [0.4, 0.5) is 11.6 Å². The summed E-state index contributed by atoms with van der Waals surface area (Å²) in [6.07, 6.45) is 5.34. The van der Waals surface area contributed by atoms with Gasteiger partial charge in [-0.1, -0.05) is 11.6 Å². The van der Waals surface area contributed by atoms with Gasteiger partial charge in [0.2, 0.25) is 11.7 Å². The van der Waals surface area contributed by atoms with E-state index in [-0.39, 0.29) is 6.10 Å². The SMILES string of the molecule is COc1cc(Nc2ncc(Cl)c(-n3cc(C)c(CN4CC(O)C4)c3)n2)cc(OC)c1OC. The van der Waals surface area contributed by atoms with E-state index in [1.54, 1.807) is 39.7 Å². The lowest BCUT2D eigenvalue weighted by molar-refractivity contribution is -0.00295. The molecule has 32 heavy (non-hydrogen) atoms. The fraction of sp³-hybridized carbons (Fsp3) is 0.364. The average molecular weight is 460 g/mol. The number of likely N-dealkylation sites (tertiary alicyclic amines) is 1. The monoisotopic (exact) mass is 459 g/mol. The van der Waals surface area contributed by atoms with Crippen molar-refractivity contribution in [3.63, 3.8) is 0 Å². The Kier molecular flexibility index (Phi) is 6.40. The average Bonchev–Trinajstić information content (AvgIpc) is 3.13. The van der Waals surface area contributed by atoms with E-state index in [0.29, 0.717) is 52.8 Å². The number of hydrogen-bond donors (Lipinski definition) is 2. The van der Waals surface area contributed by atoms with E-state index < -0.39 is 0 Å². The van der Waals surface area contributed by atoms with Gasteiger partial charge in [0.1, 0.15) is 5.02 Å². The smallest absolute Gasteiger partial charge is 0.229 e. The van der Waals surface area contributed by atoms with Crippen LogP contribution < -0.4 is 19.5 Å².